The van der Waals surface area contributed by atoms with Crippen LogP contribution in [0.4, 0.5) is 5.82 Å². The van der Waals surface area contributed by atoms with Crippen LogP contribution < -0.4 is 0 Å². The van der Waals surface area contributed by atoms with Gasteiger partial charge in [-0.1, -0.05) is 0 Å². The molecular weight excluding hydrogens is 152 g/mol. The highest BCUT2D eigenvalue weighted by Crippen LogP contribution is 2.16. The van der Waals surface area contributed by atoms with E-state index in [9.17, 15) is 0 Å². The van der Waals surface area contributed by atoms with Gasteiger partial charge < -0.3 is 0 Å². The molecule has 0 fully saturated rings. The average Bonchev–Trinajstić information content (AvgIpc) is 2.48. The second kappa shape index (κ2) is 3.67. The molecule has 1 aromatic heterocycles. The highest BCUT2D eigenvalue weighted by atomic mass is 15.3. The van der Waals surface area contributed by atoms with Crippen molar-refractivity contribution in [3.63, 3.8) is 0 Å². The molecular formula is C8H10N4. The Morgan fingerprint density at radius 3 is 3.08 bits per heavy atom. The Hall–Kier alpha value is -1.63. The van der Waals surface area contributed by atoms with Crippen molar-refractivity contribution >= 4 is 12.0 Å². The molecule has 1 rings (SSSR count). The first kappa shape index (κ1) is 8.47. The highest BCUT2D eigenvalue weighted by molar-refractivity contribution is 5.62. The summed E-state index contributed by atoms with van der Waals surface area (Å²) in [6, 6.07) is 2.04. The monoisotopic (exact) mass is 162 g/mol. The molecule has 1 aromatic rings. The molecule has 0 aliphatic rings. The minimum atomic E-state index is 0.523. The van der Waals surface area contributed by atoms with Crippen LogP contribution in [0.25, 0.3) is 0 Å². The molecule has 0 bridgehead atoms. The molecule has 4 nitrogen and oxygen atoms in total. The fourth-order valence-electron chi connectivity index (χ4n) is 0.948. The van der Waals surface area contributed by atoms with Crippen LogP contribution in [0.1, 0.15) is 19.4 Å². The van der Waals surface area contributed by atoms with E-state index in [4.69, 9.17) is 5.26 Å². The quantitative estimate of drug-likeness (QED) is 0.619. The largest absolute Gasteiger partial charge is 0.247 e. The fraction of sp³-hybridized carbons (Fsp3) is 0.375. The zero-order valence-corrected chi connectivity index (χ0v) is 7.15. The van der Waals surface area contributed by atoms with Crippen LogP contribution in [0.2, 0.25) is 0 Å². The maximum absolute atomic E-state index is 8.68. The van der Waals surface area contributed by atoms with Crippen molar-refractivity contribution in [3.05, 3.63) is 11.8 Å². The van der Waals surface area contributed by atoms with E-state index in [1.807, 2.05) is 19.9 Å². The number of hydrogen-bond acceptors (Lipinski definition) is 3. The number of aliphatic imine (C=N–C) groups is 1. The first-order valence-electron chi connectivity index (χ1n) is 3.78. The smallest absolute Gasteiger partial charge is 0.168 e. The van der Waals surface area contributed by atoms with Gasteiger partial charge in [-0.3, -0.25) is 0 Å². The molecule has 0 N–H and O–H groups in total. The summed E-state index contributed by atoms with van der Waals surface area (Å²) in [5.41, 5.74) is 0.523. The van der Waals surface area contributed by atoms with E-state index in [-0.39, 0.29) is 0 Å². The predicted molar refractivity (Wildman–Crippen MR) is 46.4 cm³/mol. The van der Waals surface area contributed by atoms with Gasteiger partial charge in [0, 0.05) is 12.8 Å². The van der Waals surface area contributed by atoms with Gasteiger partial charge in [-0.15, -0.1) is 0 Å². The Bertz CT molecular complexity index is 329. The molecule has 0 saturated carbocycles. The second-order valence-electron chi connectivity index (χ2n) is 2.20. The molecule has 1 heterocycles. The summed E-state index contributed by atoms with van der Waals surface area (Å²) in [4.78, 5) is 4.06. The van der Waals surface area contributed by atoms with Crippen molar-refractivity contribution in [3.8, 4) is 6.07 Å². The summed E-state index contributed by atoms with van der Waals surface area (Å²) >= 11 is 0. The Balaban J connectivity index is 3.18. The van der Waals surface area contributed by atoms with Gasteiger partial charge in [-0.05, 0) is 13.8 Å². The normalized spacial score (nSPS) is 10.4. The van der Waals surface area contributed by atoms with Crippen molar-refractivity contribution in [2.75, 3.05) is 0 Å². The van der Waals surface area contributed by atoms with Crippen molar-refractivity contribution in [2.24, 2.45) is 4.99 Å². The number of nitriles is 1. The van der Waals surface area contributed by atoms with Gasteiger partial charge in [0.15, 0.2) is 5.82 Å². The van der Waals surface area contributed by atoms with E-state index in [2.05, 4.69) is 10.1 Å². The summed E-state index contributed by atoms with van der Waals surface area (Å²) in [7, 11) is 0. The molecule has 0 amide bonds. The summed E-state index contributed by atoms with van der Waals surface area (Å²) < 4.78 is 1.69. The van der Waals surface area contributed by atoms with E-state index in [0.717, 1.165) is 6.54 Å². The van der Waals surface area contributed by atoms with Gasteiger partial charge in [0.2, 0.25) is 0 Å². The average molecular weight is 162 g/mol. The highest BCUT2D eigenvalue weighted by Gasteiger charge is 2.05. The summed E-state index contributed by atoms with van der Waals surface area (Å²) in [5, 5.41) is 12.7. The van der Waals surface area contributed by atoms with Crippen molar-refractivity contribution in [1.82, 2.24) is 9.78 Å². The van der Waals surface area contributed by atoms with E-state index in [1.165, 1.54) is 6.20 Å². The minimum Gasteiger partial charge on any atom is -0.247 e. The Morgan fingerprint density at radius 2 is 2.58 bits per heavy atom. The zero-order chi connectivity index (χ0) is 8.97. The van der Waals surface area contributed by atoms with Gasteiger partial charge in [-0.25, -0.2) is 9.67 Å². The number of aryl methyl sites for hydroxylation is 1. The van der Waals surface area contributed by atoms with Crippen LogP contribution >= 0.6 is 0 Å². The van der Waals surface area contributed by atoms with Crippen molar-refractivity contribution < 1.29 is 0 Å². The third-order valence-electron chi connectivity index (χ3n) is 1.48. The second-order valence-corrected chi connectivity index (χ2v) is 2.20. The standard InChI is InChI=1S/C8H10N4/c1-3-10-8-7(5-9)6-11-12(8)4-2/h3,6H,4H2,1-2H3/b10-3-. The minimum absolute atomic E-state index is 0.523. The number of aromatic nitrogens is 2. The molecule has 0 aromatic carbocycles. The number of hydrogen-bond donors (Lipinski definition) is 0. The van der Waals surface area contributed by atoms with Crippen LogP contribution in [0, 0.1) is 11.3 Å². The molecule has 0 aliphatic carbocycles. The molecule has 0 saturated heterocycles. The summed E-state index contributed by atoms with van der Waals surface area (Å²) in [5.74, 6) is 0.641. The van der Waals surface area contributed by atoms with Crippen LogP contribution in [-0.4, -0.2) is 16.0 Å². The lowest BCUT2D eigenvalue weighted by atomic mass is 10.4. The Morgan fingerprint density at radius 1 is 1.83 bits per heavy atom. The fourth-order valence-corrected chi connectivity index (χ4v) is 0.948. The topological polar surface area (TPSA) is 54.0 Å². The number of nitrogens with zero attached hydrogens (tertiary/aromatic N) is 4. The van der Waals surface area contributed by atoms with Crippen LogP contribution in [0.15, 0.2) is 11.2 Å². The lowest BCUT2D eigenvalue weighted by molar-refractivity contribution is 0.664. The van der Waals surface area contributed by atoms with E-state index >= 15 is 0 Å². The van der Waals surface area contributed by atoms with Crippen LogP contribution in [0.3, 0.4) is 0 Å². The summed E-state index contributed by atoms with van der Waals surface area (Å²) in [6.45, 7) is 4.51. The third kappa shape index (κ3) is 1.35. The molecule has 0 spiro atoms. The lowest BCUT2D eigenvalue weighted by Crippen LogP contribution is -1.94. The maximum atomic E-state index is 8.68. The summed E-state index contributed by atoms with van der Waals surface area (Å²) in [6.07, 6.45) is 3.19. The van der Waals surface area contributed by atoms with Gasteiger partial charge >= 0.3 is 0 Å². The van der Waals surface area contributed by atoms with Crippen LogP contribution in [-0.2, 0) is 6.54 Å². The van der Waals surface area contributed by atoms with Crippen molar-refractivity contribution in [2.45, 2.75) is 20.4 Å². The molecule has 4 heteroatoms. The molecule has 0 aliphatic heterocycles. The first-order valence-corrected chi connectivity index (χ1v) is 3.78. The van der Waals surface area contributed by atoms with Gasteiger partial charge in [0.1, 0.15) is 11.6 Å². The molecule has 62 valence electrons. The van der Waals surface area contributed by atoms with E-state index in [0.29, 0.717) is 11.4 Å². The van der Waals surface area contributed by atoms with E-state index < -0.39 is 0 Å². The van der Waals surface area contributed by atoms with Crippen LogP contribution in [0.5, 0.6) is 0 Å². The van der Waals surface area contributed by atoms with Gasteiger partial charge in [0.25, 0.3) is 0 Å². The number of rotatable bonds is 2. The van der Waals surface area contributed by atoms with Crippen molar-refractivity contribution in [1.29, 1.82) is 5.26 Å². The Kier molecular flexibility index (Phi) is 2.59. The molecule has 12 heavy (non-hydrogen) atoms. The lowest BCUT2D eigenvalue weighted by Gasteiger charge is -1.97. The Labute approximate surface area is 71.2 Å². The first-order chi connectivity index (χ1) is 5.83. The molecule has 0 atom stereocenters. The van der Waals surface area contributed by atoms with Gasteiger partial charge in [-0.2, -0.15) is 10.4 Å². The zero-order valence-electron chi connectivity index (χ0n) is 7.15. The maximum Gasteiger partial charge on any atom is 0.168 e. The van der Waals surface area contributed by atoms with Gasteiger partial charge in [0.05, 0.1) is 6.20 Å². The predicted octanol–water partition coefficient (Wildman–Crippen LogP) is 1.50. The molecule has 0 radical (unpaired) electrons. The SMILES string of the molecule is C/C=N\c1c(C#N)cnn1CC. The van der Waals surface area contributed by atoms with E-state index in [1.54, 1.807) is 10.9 Å². The third-order valence-corrected chi connectivity index (χ3v) is 1.48. The molecule has 0 unspecified atom stereocenters.